The summed E-state index contributed by atoms with van der Waals surface area (Å²) in [6.07, 6.45) is 3.33. The molecule has 0 radical (unpaired) electrons. The molecule has 3 atom stereocenters. The minimum Gasteiger partial charge on any atom is -0.345 e. The fraction of sp³-hybridized carbons (Fsp3) is 0.714. The van der Waals surface area contributed by atoms with Crippen LogP contribution in [0.4, 0.5) is 0 Å². The van der Waals surface area contributed by atoms with Crippen LogP contribution in [-0.4, -0.2) is 63.7 Å². The van der Waals surface area contributed by atoms with E-state index in [4.69, 9.17) is 0 Å². The van der Waals surface area contributed by atoms with Crippen molar-refractivity contribution < 1.29 is 9.59 Å². The van der Waals surface area contributed by atoms with Crippen molar-refractivity contribution in [2.24, 2.45) is 17.8 Å². The molecule has 1 N–H and O–H groups in total. The van der Waals surface area contributed by atoms with Gasteiger partial charge < -0.3 is 9.80 Å². The quantitative estimate of drug-likeness (QED) is 0.741. The fourth-order valence-corrected chi connectivity index (χ4v) is 4.05. The van der Waals surface area contributed by atoms with E-state index >= 15 is 0 Å². The second-order valence-corrected chi connectivity index (χ2v) is 6.48. The predicted octanol–water partition coefficient (Wildman–Crippen LogP) is -0.544. The second kappa shape index (κ2) is 4.82. The number of carbonyl (C=O) groups is 2. The van der Waals surface area contributed by atoms with Gasteiger partial charge in [-0.25, -0.2) is 0 Å². The SMILES string of the molecule is O=CN1CC2CN(C(=O)C3CCc4n[nH]nc4C3)CC2C1. The first-order valence-electron chi connectivity index (χ1n) is 7.61. The molecule has 2 fully saturated rings. The number of hydrogen-bond acceptors (Lipinski definition) is 4. The number of carbonyl (C=O) groups excluding carboxylic acids is 2. The average molecular weight is 289 g/mol. The Kier molecular flexibility index (Phi) is 2.94. The zero-order valence-electron chi connectivity index (χ0n) is 11.9. The van der Waals surface area contributed by atoms with Crippen LogP contribution in [0.15, 0.2) is 0 Å². The minimum atomic E-state index is 0.0450. The number of likely N-dealkylation sites (tertiary alicyclic amines) is 2. The number of nitrogens with one attached hydrogen (secondary N) is 1. The lowest BCUT2D eigenvalue weighted by Crippen LogP contribution is -2.39. The second-order valence-electron chi connectivity index (χ2n) is 6.48. The third kappa shape index (κ3) is 2.11. The van der Waals surface area contributed by atoms with Gasteiger partial charge in [0.05, 0.1) is 11.4 Å². The molecule has 112 valence electrons. The van der Waals surface area contributed by atoms with E-state index in [0.29, 0.717) is 18.3 Å². The summed E-state index contributed by atoms with van der Waals surface area (Å²) in [7, 11) is 0. The number of H-pyrrole nitrogens is 1. The Hall–Kier alpha value is -1.92. The van der Waals surface area contributed by atoms with Crippen molar-refractivity contribution in [2.45, 2.75) is 19.3 Å². The number of amides is 2. The van der Waals surface area contributed by atoms with Crippen LogP contribution in [-0.2, 0) is 22.4 Å². The van der Waals surface area contributed by atoms with Crippen LogP contribution in [0.2, 0.25) is 0 Å². The summed E-state index contributed by atoms with van der Waals surface area (Å²) >= 11 is 0. The zero-order valence-corrected chi connectivity index (χ0v) is 11.9. The van der Waals surface area contributed by atoms with Gasteiger partial charge in [0.1, 0.15) is 0 Å². The monoisotopic (exact) mass is 289 g/mol. The zero-order chi connectivity index (χ0) is 14.4. The molecule has 3 heterocycles. The smallest absolute Gasteiger partial charge is 0.226 e. The summed E-state index contributed by atoms with van der Waals surface area (Å²) in [6, 6.07) is 0. The summed E-state index contributed by atoms with van der Waals surface area (Å²) in [5, 5.41) is 10.9. The summed E-state index contributed by atoms with van der Waals surface area (Å²) in [6.45, 7) is 3.21. The van der Waals surface area contributed by atoms with Crippen molar-refractivity contribution in [1.82, 2.24) is 25.2 Å². The molecule has 1 aromatic heterocycles. The summed E-state index contributed by atoms with van der Waals surface area (Å²) in [5.74, 6) is 1.23. The van der Waals surface area contributed by atoms with Crippen LogP contribution in [0.1, 0.15) is 17.8 Å². The molecule has 1 aliphatic carbocycles. The first-order chi connectivity index (χ1) is 10.2. The predicted molar refractivity (Wildman–Crippen MR) is 73.1 cm³/mol. The van der Waals surface area contributed by atoms with Gasteiger partial charge in [-0.2, -0.15) is 15.4 Å². The number of fused-ring (bicyclic) bond motifs is 2. The molecular formula is C14H19N5O2. The van der Waals surface area contributed by atoms with E-state index in [-0.39, 0.29) is 11.8 Å². The molecule has 4 rings (SSSR count). The van der Waals surface area contributed by atoms with Gasteiger partial charge in [0, 0.05) is 50.4 Å². The highest BCUT2D eigenvalue weighted by Gasteiger charge is 2.43. The maximum Gasteiger partial charge on any atom is 0.226 e. The first kappa shape index (κ1) is 12.8. The number of aromatic amines is 1. The van der Waals surface area contributed by atoms with Gasteiger partial charge >= 0.3 is 0 Å². The molecule has 21 heavy (non-hydrogen) atoms. The van der Waals surface area contributed by atoms with Crippen molar-refractivity contribution in [3.8, 4) is 0 Å². The van der Waals surface area contributed by atoms with Crippen molar-refractivity contribution in [3.05, 3.63) is 11.4 Å². The van der Waals surface area contributed by atoms with Crippen molar-refractivity contribution in [1.29, 1.82) is 0 Å². The summed E-state index contributed by atoms with van der Waals surface area (Å²) in [4.78, 5) is 27.4. The van der Waals surface area contributed by atoms with Crippen LogP contribution in [0.3, 0.4) is 0 Å². The lowest BCUT2D eigenvalue weighted by molar-refractivity contribution is -0.135. The maximum absolute atomic E-state index is 12.7. The molecule has 0 saturated carbocycles. The van der Waals surface area contributed by atoms with Gasteiger partial charge in [0.15, 0.2) is 0 Å². The van der Waals surface area contributed by atoms with Crippen molar-refractivity contribution in [2.75, 3.05) is 26.2 Å². The molecule has 7 nitrogen and oxygen atoms in total. The van der Waals surface area contributed by atoms with Gasteiger partial charge in [0.2, 0.25) is 12.3 Å². The Morgan fingerprint density at radius 3 is 2.57 bits per heavy atom. The van der Waals surface area contributed by atoms with E-state index in [2.05, 4.69) is 15.4 Å². The average Bonchev–Trinajstić information content (AvgIpc) is 3.18. The van der Waals surface area contributed by atoms with Crippen LogP contribution < -0.4 is 0 Å². The van der Waals surface area contributed by atoms with Gasteiger partial charge in [-0.15, -0.1) is 0 Å². The highest BCUT2D eigenvalue weighted by molar-refractivity contribution is 5.79. The van der Waals surface area contributed by atoms with E-state index < -0.39 is 0 Å². The van der Waals surface area contributed by atoms with Crippen molar-refractivity contribution >= 4 is 12.3 Å². The molecule has 3 aliphatic rings. The van der Waals surface area contributed by atoms with E-state index in [9.17, 15) is 9.59 Å². The summed E-state index contributed by atoms with van der Waals surface area (Å²) in [5.41, 5.74) is 1.96. The van der Waals surface area contributed by atoms with Crippen LogP contribution in [0.25, 0.3) is 0 Å². The third-order valence-corrected chi connectivity index (χ3v) is 5.20. The topological polar surface area (TPSA) is 82.2 Å². The van der Waals surface area contributed by atoms with Crippen LogP contribution in [0.5, 0.6) is 0 Å². The molecule has 0 aromatic carbocycles. The lowest BCUT2D eigenvalue weighted by atomic mass is 9.89. The largest absolute Gasteiger partial charge is 0.345 e. The molecule has 1 aromatic rings. The molecule has 2 saturated heterocycles. The fourth-order valence-electron chi connectivity index (χ4n) is 4.05. The molecule has 0 bridgehead atoms. The molecule has 3 unspecified atom stereocenters. The highest BCUT2D eigenvalue weighted by atomic mass is 16.2. The molecule has 2 amide bonds. The van der Waals surface area contributed by atoms with E-state index in [1.165, 1.54) is 0 Å². The number of nitrogens with zero attached hydrogens (tertiary/aromatic N) is 4. The highest BCUT2D eigenvalue weighted by Crippen LogP contribution is 2.32. The van der Waals surface area contributed by atoms with E-state index in [1.54, 1.807) is 0 Å². The Balaban J connectivity index is 1.40. The van der Waals surface area contributed by atoms with Gasteiger partial charge in [-0.1, -0.05) is 0 Å². The Labute approximate surface area is 122 Å². The molecule has 2 aliphatic heterocycles. The number of rotatable bonds is 2. The van der Waals surface area contributed by atoms with E-state index in [1.807, 2.05) is 9.80 Å². The third-order valence-electron chi connectivity index (χ3n) is 5.20. The Morgan fingerprint density at radius 1 is 1.14 bits per heavy atom. The maximum atomic E-state index is 12.7. The lowest BCUT2D eigenvalue weighted by Gasteiger charge is -2.26. The van der Waals surface area contributed by atoms with E-state index in [0.717, 1.165) is 56.8 Å². The van der Waals surface area contributed by atoms with Crippen LogP contribution in [0, 0.1) is 17.8 Å². The minimum absolute atomic E-state index is 0.0450. The molecule has 0 spiro atoms. The first-order valence-corrected chi connectivity index (χ1v) is 7.61. The number of aromatic nitrogens is 3. The van der Waals surface area contributed by atoms with Crippen LogP contribution >= 0.6 is 0 Å². The summed E-state index contributed by atoms with van der Waals surface area (Å²) < 4.78 is 0. The van der Waals surface area contributed by atoms with Gasteiger partial charge in [0.25, 0.3) is 0 Å². The Bertz CT molecular complexity index is 557. The standard InChI is InChI=1S/C14H19N5O2/c20-8-18-4-10-6-19(7-11(10)5-18)14(21)9-1-2-12-13(3-9)16-17-15-12/h8-11H,1-7H2,(H,15,16,17). The Morgan fingerprint density at radius 2 is 1.86 bits per heavy atom. The number of aryl methyl sites for hydroxylation is 1. The van der Waals surface area contributed by atoms with Gasteiger partial charge in [-0.05, 0) is 12.8 Å². The number of hydrogen-bond donors (Lipinski definition) is 1. The molecule has 7 heteroatoms. The van der Waals surface area contributed by atoms with Crippen molar-refractivity contribution in [3.63, 3.8) is 0 Å². The van der Waals surface area contributed by atoms with Gasteiger partial charge in [-0.3, -0.25) is 9.59 Å². The normalized spacial score (nSPS) is 31.1. The molecular weight excluding hydrogens is 270 g/mol.